The molecule has 7 nitrogen and oxygen atoms in total. The molecule has 8 heteroatoms. The summed E-state index contributed by atoms with van der Waals surface area (Å²) in [7, 11) is 0. The lowest BCUT2D eigenvalue weighted by molar-refractivity contribution is -0.131. The summed E-state index contributed by atoms with van der Waals surface area (Å²) in [5.74, 6) is -0.930. The summed E-state index contributed by atoms with van der Waals surface area (Å²) in [6, 6.07) is 22.8. The first-order chi connectivity index (χ1) is 16.4. The molecule has 0 aromatic heterocycles. The van der Waals surface area contributed by atoms with E-state index in [0.29, 0.717) is 28.3 Å². The first kappa shape index (κ1) is 22.6. The number of para-hydroxylation sites is 1. The fraction of sp³-hybridized carbons (Fsp3) is 0. The van der Waals surface area contributed by atoms with Crippen LogP contribution in [0.2, 0.25) is 0 Å². The summed E-state index contributed by atoms with van der Waals surface area (Å²) in [5.41, 5.74) is 1.68. The second kappa shape index (κ2) is 9.93. The summed E-state index contributed by atoms with van der Waals surface area (Å²) in [6.07, 6.45) is 3.94. The predicted octanol–water partition coefficient (Wildman–Crippen LogP) is 4.41. The molecular weight excluding hydrogens is 452 g/mol. The molecule has 0 radical (unpaired) electrons. The normalized spacial score (nSPS) is 15.0. The number of carboxylic acids is 1. The molecule has 0 bridgehead atoms. The molecule has 1 aliphatic heterocycles. The largest absolute Gasteiger partial charge is 0.478 e. The van der Waals surface area contributed by atoms with Crippen LogP contribution < -0.4 is 15.0 Å². The maximum atomic E-state index is 13.2. The quantitative estimate of drug-likeness (QED) is 0.315. The van der Waals surface area contributed by atoms with Crippen molar-refractivity contribution in [3.63, 3.8) is 0 Å². The van der Waals surface area contributed by atoms with Crippen LogP contribution in [-0.4, -0.2) is 28.0 Å². The third-order valence-corrected chi connectivity index (χ3v) is 5.13. The number of amides is 2. The smallest absolute Gasteiger partial charge is 0.328 e. The Hall–Kier alpha value is -4.56. The Balaban J connectivity index is 1.55. The summed E-state index contributed by atoms with van der Waals surface area (Å²) in [4.78, 5) is 37.6. The van der Waals surface area contributed by atoms with Crippen LogP contribution in [0.4, 0.5) is 5.69 Å². The van der Waals surface area contributed by atoms with Gasteiger partial charge < -0.3 is 9.84 Å². The highest BCUT2D eigenvalue weighted by atomic mass is 32.1. The average molecular weight is 471 g/mol. The van der Waals surface area contributed by atoms with Crippen LogP contribution >= 0.6 is 12.2 Å². The lowest BCUT2D eigenvalue weighted by Gasteiger charge is -2.29. The highest BCUT2D eigenvalue weighted by Crippen LogP contribution is 2.27. The van der Waals surface area contributed by atoms with Crippen LogP contribution in [0.1, 0.15) is 11.1 Å². The number of anilines is 1. The number of hydrogen-bond donors (Lipinski definition) is 2. The van der Waals surface area contributed by atoms with Gasteiger partial charge >= 0.3 is 5.97 Å². The topological polar surface area (TPSA) is 95.9 Å². The number of carbonyl (C=O) groups is 3. The van der Waals surface area contributed by atoms with Crippen molar-refractivity contribution in [2.75, 3.05) is 4.90 Å². The summed E-state index contributed by atoms with van der Waals surface area (Å²) in [6.45, 7) is 0. The van der Waals surface area contributed by atoms with Crippen molar-refractivity contribution < 1.29 is 24.2 Å². The molecule has 34 heavy (non-hydrogen) atoms. The fourth-order valence-electron chi connectivity index (χ4n) is 3.22. The molecule has 3 aromatic carbocycles. The molecule has 0 unspecified atom stereocenters. The number of nitrogens with zero attached hydrogens (tertiary/aromatic N) is 1. The van der Waals surface area contributed by atoms with Crippen molar-refractivity contribution in [3.8, 4) is 11.5 Å². The number of thiocarbonyl (C=S) groups is 1. The minimum atomic E-state index is -1.05. The van der Waals surface area contributed by atoms with E-state index in [0.717, 1.165) is 6.08 Å². The van der Waals surface area contributed by atoms with E-state index in [4.69, 9.17) is 22.1 Å². The molecule has 2 amide bonds. The zero-order valence-corrected chi connectivity index (χ0v) is 18.5. The molecule has 3 aromatic rings. The molecule has 1 saturated heterocycles. The summed E-state index contributed by atoms with van der Waals surface area (Å²) >= 11 is 5.24. The highest BCUT2D eigenvalue weighted by molar-refractivity contribution is 7.80. The Bertz CT molecular complexity index is 1310. The van der Waals surface area contributed by atoms with Crippen molar-refractivity contribution in [1.29, 1.82) is 0 Å². The maximum absolute atomic E-state index is 13.2. The zero-order valence-electron chi connectivity index (χ0n) is 17.7. The molecule has 2 N–H and O–H groups in total. The molecule has 0 atom stereocenters. The third kappa shape index (κ3) is 5.25. The maximum Gasteiger partial charge on any atom is 0.328 e. The number of benzene rings is 3. The Kier molecular flexibility index (Phi) is 6.61. The minimum Gasteiger partial charge on any atom is -0.478 e. The van der Waals surface area contributed by atoms with Gasteiger partial charge in [0.15, 0.2) is 5.11 Å². The predicted molar refractivity (Wildman–Crippen MR) is 132 cm³/mol. The molecule has 1 heterocycles. The van der Waals surface area contributed by atoms with Crippen LogP contribution in [0.15, 0.2) is 90.5 Å². The first-order valence-corrected chi connectivity index (χ1v) is 10.6. The van der Waals surface area contributed by atoms with Crippen LogP contribution in [0, 0.1) is 0 Å². The highest BCUT2D eigenvalue weighted by Gasteiger charge is 2.34. The van der Waals surface area contributed by atoms with Crippen molar-refractivity contribution in [2.24, 2.45) is 0 Å². The molecule has 0 aliphatic carbocycles. The number of rotatable bonds is 6. The number of aliphatic carboxylic acids is 1. The monoisotopic (exact) mass is 470 g/mol. The molecule has 1 aliphatic rings. The number of carboxylic acid groups (broad SMARTS) is 1. The van der Waals surface area contributed by atoms with E-state index in [1.54, 1.807) is 48.5 Å². The molecule has 1 fully saturated rings. The van der Waals surface area contributed by atoms with E-state index in [-0.39, 0.29) is 10.7 Å². The Morgan fingerprint density at radius 2 is 1.50 bits per heavy atom. The summed E-state index contributed by atoms with van der Waals surface area (Å²) < 4.78 is 5.78. The fourth-order valence-corrected chi connectivity index (χ4v) is 3.50. The van der Waals surface area contributed by atoms with E-state index in [9.17, 15) is 14.4 Å². The van der Waals surface area contributed by atoms with Gasteiger partial charge in [0.25, 0.3) is 11.8 Å². The van der Waals surface area contributed by atoms with Gasteiger partial charge in [-0.15, -0.1) is 0 Å². The zero-order chi connectivity index (χ0) is 24.1. The van der Waals surface area contributed by atoms with E-state index < -0.39 is 17.8 Å². The van der Waals surface area contributed by atoms with Gasteiger partial charge in [-0.2, -0.15) is 0 Å². The van der Waals surface area contributed by atoms with Crippen molar-refractivity contribution in [1.82, 2.24) is 5.32 Å². The Labute approximate surface area is 200 Å². The van der Waals surface area contributed by atoms with Crippen molar-refractivity contribution in [2.45, 2.75) is 0 Å². The van der Waals surface area contributed by atoms with Gasteiger partial charge in [-0.25, -0.2) is 4.79 Å². The van der Waals surface area contributed by atoms with E-state index in [1.807, 2.05) is 30.3 Å². The van der Waals surface area contributed by atoms with Crippen LogP contribution in [-0.2, 0) is 14.4 Å². The minimum absolute atomic E-state index is 0.0157. The van der Waals surface area contributed by atoms with Gasteiger partial charge in [0.2, 0.25) is 0 Å². The second-order valence-electron chi connectivity index (χ2n) is 7.21. The number of nitrogens with one attached hydrogen (secondary N) is 1. The van der Waals surface area contributed by atoms with Gasteiger partial charge in [0.05, 0.1) is 5.69 Å². The Morgan fingerprint density at radius 3 is 2.15 bits per heavy atom. The van der Waals surface area contributed by atoms with E-state index >= 15 is 0 Å². The lowest BCUT2D eigenvalue weighted by atomic mass is 10.1. The molecule has 168 valence electrons. The van der Waals surface area contributed by atoms with Gasteiger partial charge in [0.1, 0.15) is 17.1 Å². The second-order valence-corrected chi connectivity index (χ2v) is 7.59. The standard InChI is InChI=1S/C26H18N2O5S/c29-23(30)15-10-17-6-8-18(9-7-17)16-22-24(31)27-26(34)28(25(22)32)19-11-13-21(14-12-19)33-20-4-2-1-3-5-20/h1-16H,(H,29,30)(H,27,31,34). The first-order valence-electron chi connectivity index (χ1n) is 10.2. The SMILES string of the molecule is O=C(O)C=Cc1ccc(C=C2C(=O)NC(=S)N(c3ccc(Oc4ccccc4)cc3)C2=O)cc1. The van der Waals surface area contributed by atoms with Gasteiger partial charge in [-0.3, -0.25) is 19.8 Å². The number of carbonyl (C=O) groups excluding carboxylic acids is 2. The van der Waals surface area contributed by atoms with E-state index in [1.165, 1.54) is 17.1 Å². The molecular formula is C26H18N2O5S. The summed E-state index contributed by atoms with van der Waals surface area (Å²) in [5, 5.41) is 11.3. The third-order valence-electron chi connectivity index (χ3n) is 4.84. The lowest BCUT2D eigenvalue weighted by Crippen LogP contribution is -2.54. The van der Waals surface area contributed by atoms with Crippen molar-refractivity contribution in [3.05, 3.63) is 102 Å². The van der Waals surface area contributed by atoms with Crippen LogP contribution in [0.5, 0.6) is 11.5 Å². The molecule has 4 rings (SSSR count). The van der Waals surface area contributed by atoms with Crippen LogP contribution in [0.3, 0.4) is 0 Å². The Morgan fingerprint density at radius 1 is 0.882 bits per heavy atom. The average Bonchev–Trinajstić information content (AvgIpc) is 2.83. The van der Waals surface area contributed by atoms with Gasteiger partial charge in [-0.1, -0.05) is 42.5 Å². The van der Waals surface area contributed by atoms with Crippen LogP contribution in [0.25, 0.3) is 12.2 Å². The van der Waals surface area contributed by atoms with Gasteiger partial charge in [-0.05, 0) is 71.9 Å². The van der Waals surface area contributed by atoms with Crippen molar-refractivity contribution >= 4 is 53.0 Å². The van der Waals surface area contributed by atoms with E-state index in [2.05, 4.69) is 5.32 Å². The molecule has 0 spiro atoms. The number of hydrogen-bond acceptors (Lipinski definition) is 5. The molecule has 0 saturated carbocycles. The van der Waals surface area contributed by atoms with Gasteiger partial charge in [0, 0.05) is 6.08 Å². The number of ether oxygens (including phenoxy) is 1.